The summed E-state index contributed by atoms with van der Waals surface area (Å²) >= 11 is 0. The van der Waals surface area contributed by atoms with Crippen LogP contribution in [0.1, 0.15) is 20.8 Å². The molecule has 0 saturated carbocycles. The van der Waals surface area contributed by atoms with E-state index in [2.05, 4.69) is 18.7 Å². The summed E-state index contributed by atoms with van der Waals surface area (Å²) in [6.07, 6.45) is 0. The van der Waals surface area contributed by atoms with Crippen molar-refractivity contribution in [3.63, 3.8) is 0 Å². The van der Waals surface area contributed by atoms with Crippen LogP contribution < -0.4 is 5.73 Å². The molecular weight excluding hydrogens is 164 g/mol. The Hall–Kier alpha value is -0.120. The summed E-state index contributed by atoms with van der Waals surface area (Å²) < 4.78 is 5.29. The Labute approximate surface area is 81.2 Å². The lowest BCUT2D eigenvalue weighted by Crippen LogP contribution is -2.70. The van der Waals surface area contributed by atoms with Gasteiger partial charge >= 0.3 is 0 Å². The third kappa shape index (κ3) is 2.66. The van der Waals surface area contributed by atoms with Crippen LogP contribution in [0.5, 0.6) is 0 Å². The molecule has 0 spiro atoms. The SMILES string of the molecule is CCOCCN1CC(N)(C(C)C)C1. The molecule has 13 heavy (non-hydrogen) atoms. The third-order valence-electron chi connectivity index (χ3n) is 2.94. The molecule has 0 aromatic carbocycles. The molecule has 1 aliphatic rings. The van der Waals surface area contributed by atoms with Gasteiger partial charge in [0.1, 0.15) is 0 Å². The molecule has 3 nitrogen and oxygen atoms in total. The molecule has 0 aromatic rings. The molecule has 1 aliphatic heterocycles. The summed E-state index contributed by atoms with van der Waals surface area (Å²) in [6, 6.07) is 0. The van der Waals surface area contributed by atoms with E-state index in [4.69, 9.17) is 10.5 Å². The number of nitrogens with zero attached hydrogens (tertiary/aromatic N) is 1. The number of rotatable bonds is 5. The molecule has 1 saturated heterocycles. The Morgan fingerprint density at radius 2 is 2.08 bits per heavy atom. The molecule has 3 heteroatoms. The van der Waals surface area contributed by atoms with E-state index in [9.17, 15) is 0 Å². The molecule has 1 fully saturated rings. The standard InChI is InChI=1S/C10H22N2O/c1-4-13-6-5-12-7-10(11,8-12)9(2)3/h9H,4-8,11H2,1-3H3. The van der Waals surface area contributed by atoms with Gasteiger partial charge in [-0.25, -0.2) is 0 Å². The first-order chi connectivity index (χ1) is 6.08. The van der Waals surface area contributed by atoms with Crippen LogP contribution in [0.3, 0.4) is 0 Å². The average Bonchev–Trinajstić information content (AvgIpc) is 2.01. The number of hydrogen-bond donors (Lipinski definition) is 1. The third-order valence-corrected chi connectivity index (χ3v) is 2.94. The molecule has 1 rings (SSSR count). The van der Waals surface area contributed by atoms with Crippen molar-refractivity contribution in [2.75, 3.05) is 32.8 Å². The van der Waals surface area contributed by atoms with Gasteiger partial charge in [0, 0.05) is 31.8 Å². The second-order valence-corrected chi connectivity index (χ2v) is 4.30. The summed E-state index contributed by atoms with van der Waals surface area (Å²) in [7, 11) is 0. The van der Waals surface area contributed by atoms with Gasteiger partial charge in [0.2, 0.25) is 0 Å². The molecule has 0 aromatic heterocycles. The van der Waals surface area contributed by atoms with Crippen molar-refractivity contribution in [1.29, 1.82) is 0 Å². The number of likely N-dealkylation sites (tertiary alicyclic amines) is 1. The molecule has 0 amide bonds. The molecule has 0 atom stereocenters. The van der Waals surface area contributed by atoms with Crippen molar-refractivity contribution in [3.8, 4) is 0 Å². The van der Waals surface area contributed by atoms with Gasteiger partial charge in [0.15, 0.2) is 0 Å². The van der Waals surface area contributed by atoms with Crippen molar-refractivity contribution in [2.45, 2.75) is 26.3 Å². The number of hydrogen-bond acceptors (Lipinski definition) is 3. The van der Waals surface area contributed by atoms with Crippen LogP contribution in [-0.2, 0) is 4.74 Å². The van der Waals surface area contributed by atoms with Crippen LogP contribution in [0, 0.1) is 5.92 Å². The molecule has 78 valence electrons. The fourth-order valence-corrected chi connectivity index (χ4v) is 1.65. The summed E-state index contributed by atoms with van der Waals surface area (Å²) in [4.78, 5) is 2.36. The van der Waals surface area contributed by atoms with Crippen molar-refractivity contribution >= 4 is 0 Å². The first kappa shape index (κ1) is 11.0. The van der Waals surface area contributed by atoms with Crippen LogP contribution in [0.25, 0.3) is 0 Å². The maximum absolute atomic E-state index is 6.16. The Kier molecular flexibility index (Phi) is 3.71. The Balaban J connectivity index is 2.10. The van der Waals surface area contributed by atoms with Gasteiger partial charge in [-0.1, -0.05) is 13.8 Å². The molecule has 0 radical (unpaired) electrons. The van der Waals surface area contributed by atoms with E-state index in [-0.39, 0.29) is 5.54 Å². The molecular formula is C10H22N2O. The highest BCUT2D eigenvalue weighted by Gasteiger charge is 2.41. The Morgan fingerprint density at radius 3 is 2.54 bits per heavy atom. The largest absolute Gasteiger partial charge is 0.380 e. The highest BCUT2D eigenvalue weighted by molar-refractivity contribution is 5.01. The van der Waals surface area contributed by atoms with E-state index < -0.39 is 0 Å². The van der Waals surface area contributed by atoms with Crippen LogP contribution in [0.4, 0.5) is 0 Å². The van der Waals surface area contributed by atoms with E-state index in [1.54, 1.807) is 0 Å². The molecule has 2 N–H and O–H groups in total. The first-order valence-corrected chi connectivity index (χ1v) is 5.17. The fraction of sp³-hybridized carbons (Fsp3) is 1.00. The van der Waals surface area contributed by atoms with E-state index in [1.165, 1.54) is 0 Å². The van der Waals surface area contributed by atoms with Crippen molar-refractivity contribution < 1.29 is 4.74 Å². The zero-order valence-electron chi connectivity index (χ0n) is 9.05. The quantitative estimate of drug-likeness (QED) is 0.642. The van der Waals surface area contributed by atoms with Gasteiger partial charge in [0.05, 0.1) is 6.61 Å². The fourth-order valence-electron chi connectivity index (χ4n) is 1.65. The van der Waals surface area contributed by atoms with Crippen LogP contribution in [0.15, 0.2) is 0 Å². The minimum absolute atomic E-state index is 0.0617. The minimum Gasteiger partial charge on any atom is -0.380 e. The van der Waals surface area contributed by atoms with Crippen LogP contribution in [0.2, 0.25) is 0 Å². The van der Waals surface area contributed by atoms with E-state index >= 15 is 0 Å². The highest BCUT2D eigenvalue weighted by Crippen LogP contribution is 2.25. The van der Waals surface area contributed by atoms with Gasteiger partial charge < -0.3 is 10.5 Å². The molecule has 0 aliphatic carbocycles. The number of ether oxygens (including phenoxy) is 1. The predicted octanol–water partition coefficient (Wildman–Crippen LogP) is 0.692. The van der Waals surface area contributed by atoms with E-state index in [0.717, 1.165) is 32.8 Å². The maximum Gasteiger partial charge on any atom is 0.0593 e. The lowest BCUT2D eigenvalue weighted by molar-refractivity contribution is 0.0126. The van der Waals surface area contributed by atoms with Gasteiger partial charge in [-0.2, -0.15) is 0 Å². The summed E-state index contributed by atoms with van der Waals surface area (Å²) in [5.41, 5.74) is 6.22. The molecule has 0 unspecified atom stereocenters. The normalized spacial score (nSPS) is 21.9. The summed E-state index contributed by atoms with van der Waals surface area (Å²) in [6.45, 7) is 11.1. The topological polar surface area (TPSA) is 38.5 Å². The first-order valence-electron chi connectivity index (χ1n) is 5.17. The van der Waals surface area contributed by atoms with Crippen molar-refractivity contribution in [2.24, 2.45) is 11.7 Å². The minimum atomic E-state index is 0.0617. The van der Waals surface area contributed by atoms with Crippen LogP contribution in [-0.4, -0.2) is 43.3 Å². The number of nitrogens with two attached hydrogens (primary N) is 1. The molecule has 1 heterocycles. The van der Waals surface area contributed by atoms with Gasteiger partial charge in [0.25, 0.3) is 0 Å². The monoisotopic (exact) mass is 186 g/mol. The zero-order chi connectivity index (χ0) is 9.90. The average molecular weight is 186 g/mol. The second kappa shape index (κ2) is 4.40. The summed E-state index contributed by atoms with van der Waals surface area (Å²) in [5.74, 6) is 0.579. The lowest BCUT2D eigenvalue weighted by Gasteiger charge is -2.50. The van der Waals surface area contributed by atoms with Gasteiger partial charge in [-0.15, -0.1) is 0 Å². The van der Waals surface area contributed by atoms with Gasteiger partial charge in [-0.3, -0.25) is 4.90 Å². The Morgan fingerprint density at radius 1 is 1.46 bits per heavy atom. The lowest BCUT2D eigenvalue weighted by atomic mass is 9.80. The molecule has 0 bridgehead atoms. The zero-order valence-corrected chi connectivity index (χ0v) is 9.05. The van der Waals surface area contributed by atoms with Crippen LogP contribution >= 0.6 is 0 Å². The Bertz CT molecular complexity index is 153. The highest BCUT2D eigenvalue weighted by atomic mass is 16.5. The van der Waals surface area contributed by atoms with Gasteiger partial charge in [-0.05, 0) is 12.8 Å². The smallest absolute Gasteiger partial charge is 0.0593 e. The predicted molar refractivity (Wildman–Crippen MR) is 54.7 cm³/mol. The second-order valence-electron chi connectivity index (χ2n) is 4.30. The van der Waals surface area contributed by atoms with Crippen molar-refractivity contribution in [1.82, 2.24) is 4.90 Å². The van der Waals surface area contributed by atoms with Crippen molar-refractivity contribution in [3.05, 3.63) is 0 Å². The van der Waals surface area contributed by atoms with E-state index in [0.29, 0.717) is 5.92 Å². The van der Waals surface area contributed by atoms with E-state index in [1.807, 2.05) is 6.92 Å². The maximum atomic E-state index is 6.16. The summed E-state index contributed by atoms with van der Waals surface area (Å²) in [5, 5.41) is 0.